The molecular formula is C14H22N2O4. The predicted octanol–water partition coefficient (Wildman–Crippen LogP) is 1.15. The highest BCUT2D eigenvalue weighted by molar-refractivity contribution is 5.74. The Hall–Kier alpha value is -1.53. The zero-order valence-corrected chi connectivity index (χ0v) is 12.2. The van der Waals surface area contributed by atoms with Crippen LogP contribution >= 0.6 is 0 Å². The Labute approximate surface area is 118 Å². The fourth-order valence-corrected chi connectivity index (χ4v) is 2.39. The highest BCUT2D eigenvalue weighted by Crippen LogP contribution is 2.26. The van der Waals surface area contributed by atoms with Crippen molar-refractivity contribution in [1.29, 1.82) is 0 Å². The molecule has 1 fully saturated rings. The van der Waals surface area contributed by atoms with Gasteiger partial charge in [-0.1, -0.05) is 0 Å². The number of furan rings is 1. The van der Waals surface area contributed by atoms with Crippen LogP contribution in [-0.4, -0.2) is 48.9 Å². The van der Waals surface area contributed by atoms with Gasteiger partial charge in [0.25, 0.3) is 0 Å². The lowest BCUT2D eigenvalue weighted by atomic mass is 9.96. The van der Waals surface area contributed by atoms with E-state index in [1.165, 1.54) is 0 Å². The van der Waals surface area contributed by atoms with E-state index >= 15 is 0 Å². The van der Waals surface area contributed by atoms with E-state index in [1.54, 1.807) is 24.8 Å². The molecule has 0 aliphatic carbocycles. The van der Waals surface area contributed by atoms with Crippen molar-refractivity contribution < 1.29 is 19.1 Å². The van der Waals surface area contributed by atoms with E-state index < -0.39 is 5.60 Å². The number of urea groups is 1. The Bertz CT molecular complexity index is 476. The maximum Gasteiger partial charge on any atom is 0.317 e. The molecule has 0 saturated carbocycles. The number of hydrogen-bond donors (Lipinski definition) is 2. The molecule has 6 nitrogen and oxygen atoms in total. The summed E-state index contributed by atoms with van der Waals surface area (Å²) in [4.78, 5) is 13.7. The zero-order valence-electron chi connectivity index (χ0n) is 12.2. The number of aliphatic hydroxyl groups is 1. The number of carbonyl (C=O) groups excluding carboxylic acids is 1. The second-order valence-corrected chi connectivity index (χ2v) is 5.36. The Morgan fingerprint density at radius 3 is 2.65 bits per heavy atom. The number of nitrogens with zero attached hydrogens (tertiary/aromatic N) is 1. The van der Waals surface area contributed by atoms with Gasteiger partial charge in [-0.05, 0) is 26.8 Å². The van der Waals surface area contributed by atoms with Crippen molar-refractivity contribution in [2.24, 2.45) is 0 Å². The van der Waals surface area contributed by atoms with Crippen LogP contribution in [-0.2, 0) is 10.3 Å². The number of ether oxygens (including phenoxy) is 1. The fourth-order valence-electron chi connectivity index (χ4n) is 2.39. The molecule has 1 unspecified atom stereocenters. The lowest BCUT2D eigenvalue weighted by Crippen LogP contribution is -2.49. The van der Waals surface area contributed by atoms with Crippen molar-refractivity contribution in [1.82, 2.24) is 10.2 Å². The molecule has 2 rings (SSSR count). The first-order valence-electron chi connectivity index (χ1n) is 6.80. The van der Waals surface area contributed by atoms with Gasteiger partial charge in [-0.2, -0.15) is 0 Å². The van der Waals surface area contributed by atoms with Gasteiger partial charge in [0.05, 0.1) is 19.8 Å². The lowest BCUT2D eigenvalue weighted by molar-refractivity contribution is 0.0417. The number of nitrogens with one attached hydrogen (secondary N) is 1. The number of amides is 2. The topological polar surface area (TPSA) is 74.9 Å². The SMILES string of the molecule is Cc1cc(C(C)(O)CNC(=O)N2CCOCC2)c(C)o1. The molecule has 6 heteroatoms. The van der Waals surface area contributed by atoms with E-state index in [9.17, 15) is 9.90 Å². The molecule has 0 bridgehead atoms. The molecule has 2 amide bonds. The van der Waals surface area contributed by atoms with Gasteiger partial charge in [-0.25, -0.2) is 4.79 Å². The van der Waals surface area contributed by atoms with Crippen LogP contribution in [0.3, 0.4) is 0 Å². The van der Waals surface area contributed by atoms with E-state index in [2.05, 4.69) is 5.32 Å². The summed E-state index contributed by atoms with van der Waals surface area (Å²) in [7, 11) is 0. The highest BCUT2D eigenvalue weighted by atomic mass is 16.5. The van der Waals surface area contributed by atoms with Crippen molar-refractivity contribution in [3.05, 3.63) is 23.2 Å². The summed E-state index contributed by atoms with van der Waals surface area (Å²) in [5.41, 5.74) is -0.443. The summed E-state index contributed by atoms with van der Waals surface area (Å²) in [6, 6.07) is 1.63. The van der Waals surface area contributed by atoms with Crippen molar-refractivity contribution in [3.63, 3.8) is 0 Å². The van der Waals surface area contributed by atoms with Crippen molar-refractivity contribution in [2.45, 2.75) is 26.4 Å². The van der Waals surface area contributed by atoms with Gasteiger partial charge in [0.2, 0.25) is 0 Å². The van der Waals surface area contributed by atoms with Crippen molar-refractivity contribution in [2.75, 3.05) is 32.8 Å². The number of hydrogen-bond acceptors (Lipinski definition) is 4. The van der Waals surface area contributed by atoms with Gasteiger partial charge in [0.1, 0.15) is 17.1 Å². The molecular weight excluding hydrogens is 260 g/mol. The standard InChI is InChI=1S/C14H22N2O4/c1-10-8-12(11(2)20-10)14(3,18)9-15-13(17)16-4-6-19-7-5-16/h8,18H,4-7,9H2,1-3H3,(H,15,17). The second-order valence-electron chi connectivity index (χ2n) is 5.36. The van der Waals surface area contributed by atoms with Crippen LogP contribution in [0.5, 0.6) is 0 Å². The summed E-state index contributed by atoms with van der Waals surface area (Å²) >= 11 is 0. The van der Waals surface area contributed by atoms with Gasteiger partial charge in [0, 0.05) is 18.7 Å². The summed E-state index contributed by atoms with van der Waals surface area (Å²) < 4.78 is 10.6. The number of carbonyl (C=O) groups is 1. The van der Waals surface area contributed by atoms with Gasteiger partial charge in [-0.15, -0.1) is 0 Å². The zero-order chi connectivity index (χ0) is 14.8. The van der Waals surface area contributed by atoms with E-state index in [1.807, 2.05) is 6.92 Å². The third-order valence-electron chi connectivity index (χ3n) is 3.50. The number of aryl methyl sites for hydroxylation is 2. The van der Waals surface area contributed by atoms with E-state index in [-0.39, 0.29) is 12.6 Å². The first-order chi connectivity index (χ1) is 9.40. The maximum atomic E-state index is 12.0. The van der Waals surface area contributed by atoms with Crippen LogP contribution < -0.4 is 5.32 Å². The first kappa shape index (κ1) is 14.9. The molecule has 20 heavy (non-hydrogen) atoms. The lowest BCUT2D eigenvalue weighted by Gasteiger charge is -2.29. The van der Waals surface area contributed by atoms with Gasteiger partial charge in [0.15, 0.2) is 0 Å². The van der Waals surface area contributed by atoms with Crippen LogP contribution in [0.15, 0.2) is 10.5 Å². The minimum absolute atomic E-state index is 0.142. The Morgan fingerprint density at radius 2 is 2.10 bits per heavy atom. The summed E-state index contributed by atoms with van der Waals surface area (Å²) in [6.45, 7) is 7.73. The molecule has 112 valence electrons. The normalized spacial score (nSPS) is 18.7. The Morgan fingerprint density at radius 1 is 1.45 bits per heavy atom. The minimum atomic E-state index is -1.15. The molecule has 1 saturated heterocycles. The third kappa shape index (κ3) is 3.32. The average molecular weight is 282 g/mol. The maximum absolute atomic E-state index is 12.0. The molecule has 1 aliphatic rings. The molecule has 1 atom stereocenters. The molecule has 1 aromatic heterocycles. The van der Waals surface area contributed by atoms with E-state index in [0.29, 0.717) is 37.6 Å². The summed E-state index contributed by atoms with van der Waals surface area (Å²) in [5, 5.41) is 13.3. The molecule has 1 aromatic rings. The van der Waals surface area contributed by atoms with Crippen LogP contribution in [0.2, 0.25) is 0 Å². The third-order valence-corrected chi connectivity index (χ3v) is 3.50. The number of rotatable bonds is 3. The van der Waals surface area contributed by atoms with Gasteiger partial charge in [-0.3, -0.25) is 0 Å². The molecule has 2 N–H and O–H groups in total. The second kappa shape index (κ2) is 5.85. The summed E-state index contributed by atoms with van der Waals surface area (Å²) in [5.74, 6) is 1.42. The largest absolute Gasteiger partial charge is 0.466 e. The summed E-state index contributed by atoms with van der Waals surface area (Å²) in [6.07, 6.45) is 0. The van der Waals surface area contributed by atoms with Crippen LogP contribution in [0.4, 0.5) is 4.79 Å². The van der Waals surface area contributed by atoms with Crippen LogP contribution in [0.1, 0.15) is 24.0 Å². The monoisotopic (exact) mass is 282 g/mol. The Balaban J connectivity index is 1.94. The predicted molar refractivity (Wildman–Crippen MR) is 73.5 cm³/mol. The van der Waals surface area contributed by atoms with Crippen molar-refractivity contribution >= 4 is 6.03 Å². The average Bonchev–Trinajstić information content (AvgIpc) is 2.77. The minimum Gasteiger partial charge on any atom is -0.466 e. The number of morpholine rings is 1. The fraction of sp³-hybridized carbons (Fsp3) is 0.643. The molecule has 0 aromatic carbocycles. The first-order valence-corrected chi connectivity index (χ1v) is 6.80. The quantitative estimate of drug-likeness (QED) is 0.872. The smallest absolute Gasteiger partial charge is 0.317 e. The Kier molecular flexibility index (Phi) is 4.35. The van der Waals surface area contributed by atoms with Crippen molar-refractivity contribution in [3.8, 4) is 0 Å². The molecule has 2 heterocycles. The van der Waals surface area contributed by atoms with Crippen LogP contribution in [0, 0.1) is 13.8 Å². The van der Waals surface area contributed by atoms with Crippen LogP contribution in [0.25, 0.3) is 0 Å². The highest BCUT2D eigenvalue weighted by Gasteiger charge is 2.29. The molecule has 0 radical (unpaired) electrons. The molecule has 1 aliphatic heterocycles. The van der Waals surface area contributed by atoms with Gasteiger partial charge >= 0.3 is 6.03 Å². The van der Waals surface area contributed by atoms with E-state index in [4.69, 9.17) is 9.15 Å². The molecule has 0 spiro atoms. The van der Waals surface area contributed by atoms with Gasteiger partial charge < -0.3 is 24.5 Å². The van der Waals surface area contributed by atoms with E-state index in [0.717, 1.165) is 5.76 Å².